The van der Waals surface area contributed by atoms with Crippen LogP contribution in [0.5, 0.6) is 0 Å². The van der Waals surface area contributed by atoms with E-state index in [4.69, 9.17) is 27.8 Å². The molecule has 0 saturated carbocycles. The van der Waals surface area contributed by atoms with Gasteiger partial charge in [-0.3, -0.25) is 0 Å². The average Bonchev–Trinajstić information content (AvgIpc) is 2.25. The Hall–Kier alpha value is -1.61. The summed E-state index contributed by atoms with van der Waals surface area (Å²) >= 11 is 5.61. The van der Waals surface area contributed by atoms with E-state index in [1.807, 2.05) is 30.3 Å². The van der Waals surface area contributed by atoms with Gasteiger partial charge in [-0.1, -0.05) is 41.9 Å². The highest BCUT2D eigenvalue weighted by Crippen LogP contribution is 2.10. The lowest BCUT2D eigenvalue weighted by Gasteiger charge is -2.07. The van der Waals surface area contributed by atoms with E-state index >= 15 is 0 Å². The third-order valence-corrected chi connectivity index (χ3v) is 1.91. The summed E-state index contributed by atoms with van der Waals surface area (Å²) in [7, 11) is 0. The van der Waals surface area contributed by atoms with E-state index in [1.165, 1.54) is 12.3 Å². The van der Waals surface area contributed by atoms with Crippen molar-refractivity contribution in [2.75, 3.05) is 0 Å². The van der Waals surface area contributed by atoms with Crippen LogP contribution in [-0.2, 0) is 11.3 Å². The van der Waals surface area contributed by atoms with Crippen LogP contribution in [0.25, 0.3) is 0 Å². The lowest BCUT2D eigenvalue weighted by molar-refractivity contribution is 0.209. The van der Waals surface area contributed by atoms with Gasteiger partial charge in [0.05, 0.1) is 0 Å². The van der Waals surface area contributed by atoms with Crippen LogP contribution in [0.2, 0.25) is 0 Å². The zero-order valence-corrected chi connectivity index (χ0v) is 8.95. The fourth-order valence-corrected chi connectivity index (χ4v) is 1.14. The summed E-state index contributed by atoms with van der Waals surface area (Å²) in [5.41, 5.74) is 11.7. The molecule has 0 atom stereocenters. The fraction of sp³-hybridized carbons (Fsp3) is 0.0909. The van der Waals surface area contributed by atoms with Crippen molar-refractivity contribution in [3.63, 3.8) is 0 Å². The third-order valence-electron chi connectivity index (χ3n) is 1.72. The van der Waals surface area contributed by atoms with Crippen molar-refractivity contribution in [1.29, 1.82) is 0 Å². The van der Waals surface area contributed by atoms with E-state index in [2.05, 4.69) is 0 Å². The van der Waals surface area contributed by atoms with Crippen LogP contribution in [0.15, 0.2) is 53.5 Å². The Morgan fingerprint density at radius 3 is 2.53 bits per heavy atom. The number of hydrogen-bond acceptors (Lipinski definition) is 3. The predicted octanol–water partition coefficient (Wildman–Crippen LogP) is 2.04. The highest BCUT2D eigenvalue weighted by atomic mass is 35.5. The monoisotopic (exact) mass is 224 g/mol. The van der Waals surface area contributed by atoms with Crippen molar-refractivity contribution in [2.24, 2.45) is 11.5 Å². The molecule has 0 aliphatic heterocycles. The molecule has 0 aliphatic rings. The molecule has 0 spiro atoms. The summed E-state index contributed by atoms with van der Waals surface area (Å²) in [6.45, 7) is 0.411. The highest BCUT2D eigenvalue weighted by molar-refractivity contribution is 6.29. The smallest absolute Gasteiger partial charge is 0.155 e. The molecule has 0 bridgehead atoms. The molecule has 4 N–H and O–H groups in total. The lowest BCUT2D eigenvalue weighted by Crippen LogP contribution is -2.00. The maximum absolute atomic E-state index is 5.61. The van der Waals surface area contributed by atoms with Gasteiger partial charge in [0.1, 0.15) is 11.8 Å². The molecule has 0 heterocycles. The minimum atomic E-state index is 0.0904. The standard InChI is InChI=1S/C11H13ClN2O/c12-11(14)10(6-7-13)15-8-9-4-2-1-3-5-9/h1-7H,8,13-14H2/b7-6-,11-10+. The van der Waals surface area contributed by atoms with Crippen molar-refractivity contribution in [3.8, 4) is 0 Å². The van der Waals surface area contributed by atoms with Crippen molar-refractivity contribution < 1.29 is 4.74 Å². The van der Waals surface area contributed by atoms with Gasteiger partial charge in [0.2, 0.25) is 0 Å². The first-order chi connectivity index (χ1) is 7.24. The number of rotatable bonds is 4. The van der Waals surface area contributed by atoms with Gasteiger partial charge in [-0.15, -0.1) is 0 Å². The fourth-order valence-electron chi connectivity index (χ4n) is 1.02. The third kappa shape index (κ3) is 3.95. The van der Waals surface area contributed by atoms with Crippen molar-refractivity contribution in [3.05, 3.63) is 59.1 Å². The number of ether oxygens (including phenoxy) is 1. The molecule has 0 amide bonds. The quantitative estimate of drug-likeness (QED) is 0.468. The van der Waals surface area contributed by atoms with E-state index in [9.17, 15) is 0 Å². The van der Waals surface area contributed by atoms with Crippen LogP contribution in [0, 0.1) is 0 Å². The van der Waals surface area contributed by atoms with Gasteiger partial charge in [-0.25, -0.2) is 0 Å². The first kappa shape index (κ1) is 11.5. The Bertz CT molecular complexity index is 356. The van der Waals surface area contributed by atoms with Gasteiger partial charge in [0, 0.05) is 0 Å². The molecule has 0 radical (unpaired) electrons. The average molecular weight is 225 g/mol. The summed E-state index contributed by atoms with van der Waals surface area (Å²) in [6, 6.07) is 9.72. The number of nitrogens with two attached hydrogens (primary N) is 2. The molecule has 1 rings (SSSR count). The van der Waals surface area contributed by atoms with Crippen molar-refractivity contribution in [1.82, 2.24) is 0 Å². The van der Waals surface area contributed by atoms with Crippen molar-refractivity contribution in [2.45, 2.75) is 6.61 Å². The Morgan fingerprint density at radius 1 is 1.33 bits per heavy atom. The first-order valence-corrected chi connectivity index (χ1v) is 4.82. The second-order valence-corrected chi connectivity index (χ2v) is 3.25. The van der Waals surface area contributed by atoms with Crippen LogP contribution < -0.4 is 11.5 Å². The molecule has 3 nitrogen and oxygen atoms in total. The first-order valence-electron chi connectivity index (χ1n) is 4.44. The predicted molar refractivity (Wildman–Crippen MR) is 61.6 cm³/mol. The Morgan fingerprint density at radius 2 is 2.00 bits per heavy atom. The molecule has 15 heavy (non-hydrogen) atoms. The zero-order chi connectivity index (χ0) is 11.1. The van der Waals surface area contributed by atoms with Gasteiger partial charge >= 0.3 is 0 Å². The molecule has 0 aliphatic carbocycles. The molecular weight excluding hydrogens is 212 g/mol. The number of hydrogen-bond donors (Lipinski definition) is 2. The van der Waals surface area contributed by atoms with Crippen LogP contribution >= 0.6 is 11.6 Å². The molecule has 0 unspecified atom stereocenters. The summed E-state index contributed by atoms with van der Waals surface area (Å²) in [5.74, 6) is 0.378. The zero-order valence-electron chi connectivity index (χ0n) is 8.19. The van der Waals surface area contributed by atoms with Gasteiger partial charge in [0.25, 0.3) is 0 Å². The highest BCUT2D eigenvalue weighted by Gasteiger charge is 1.99. The minimum absolute atomic E-state index is 0.0904. The normalized spacial score (nSPS) is 12.6. The van der Waals surface area contributed by atoms with E-state index in [0.717, 1.165) is 5.56 Å². The maximum atomic E-state index is 5.61. The van der Waals surface area contributed by atoms with Crippen LogP contribution in [0.1, 0.15) is 5.56 Å². The van der Waals surface area contributed by atoms with E-state index in [1.54, 1.807) is 0 Å². The van der Waals surface area contributed by atoms with E-state index in [0.29, 0.717) is 12.4 Å². The lowest BCUT2D eigenvalue weighted by atomic mass is 10.2. The summed E-state index contributed by atoms with van der Waals surface area (Å²) < 4.78 is 5.39. The Balaban J connectivity index is 2.60. The molecule has 1 aromatic rings. The van der Waals surface area contributed by atoms with Crippen LogP contribution in [0.4, 0.5) is 0 Å². The van der Waals surface area contributed by atoms with E-state index < -0.39 is 0 Å². The van der Waals surface area contributed by atoms with Gasteiger partial charge in [-0.05, 0) is 17.8 Å². The minimum Gasteiger partial charge on any atom is -0.486 e. The van der Waals surface area contributed by atoms with Gasteiger partial charge in [-0.2, -0.15) is 0 Å². The number of halogens is 1. The number of allylic oxidation sites excluding steroid dienone is 1. The van der Waals surface area contributed by atoms with Gasteiger partial charge in [0.15, 0.2) is 5.76 Å². The largest absolute Gasteiger partial charge is 0.486 e. The molecule has 0 fully saturated rings. The molecule has 80 valence electrons. The molecule has 1 aromatic carbocycles. The van der Waals surface area contributed by atoms with Crippen molar-refractivity contribution >= 4 is 11.6 Å². The Labute approximate surface area is 94.0 Å². The maximum Gasteiger partial charge on any atom is 0.155 e. The molecule has 0 saturated heterocycles. The summed E-state index contributed by atoms with van der Waals surface area (Å²) in [6.07, 6.45) is 2.85. The topological polar surface area (TPSA) is 61.3 Å². The van der Waals surface area contributed by atoms with Crippen LogP contribution in [0.3, 0.4) is 0 Å². The molecule has 0 aromatic heterocycles. The second-order valence-electron chi connectivity index (χ2n) is 2.85. The summed E-state index contributed by atoms with van der Waals surface area (Å²) in [5, 5.41) is 0.0904. The SMILES string of the molecule is N/C=C\C(OCc1ccccc1)=C(/N)Cl. The molecule has 4 heteroatoms. The van der Waals surface area contributed by atoms with Gasteiger partial charge < -0.3 is 16.2 Å². The molecular formula is C11H13ClN2O. The number of benzene rings is 1. The van der Waals surface area contributed by atoms with Crippen LogP contribution in [-0.4, -0.2) is 0 Å². The van der Waals surface area contributed by atoms with E-state index in [-0.39, 0.29) is 5.16 Å². The second kappa shape index (κ2) is 5.98. The Kier molecular flexibility index (Phi) is 4.57. The summed E-state index contributed by atoms with van der Waals surface area (Å²) in [4.78, 5) is 0.